The number of carbonyl (C=O) groups excluding carboxylic acids is 1. The molecule has 1 amide bonds. The van der Waals surface area contributed by atoms with Crippen LogP contribution in [0.2, 0.25) is 0 Å². The summed E-state index contributed by atoms with van der Waals surface area (Å²) in [5.74, 6) is 0.0289. The van der Waals surface area contributed by atoms with E-state index >= 15 is 0 Å². The molecule has 0 aromatic carbocycles. The lowest BCUT2D eigenvalue weighted by Gasteiger charge is -2.24. The van der Waals surface area contributed by atoms with Crippen molar-refractivity contribution < 1.29 is 4.79 Å². The number of carbonyl (C=O) groups is 1. The van der Waals surface area contributed by atoms with E-state index in [1.165, 1.54) is 11.3 Å². The molecule has 0 aliphatic heterocycles. The van der Waals surface area contributed by atoms with Crippen molar-refractivity contribution in [1.82, 2.24) is 9.88 Å². The number of aromatic nitrogens is 1. The fraction of sp³-hybridized carbons (Fsp3) is 0.231. The Morgan fingerprint density at radius 2 is 2.11 bits per heavy atom. The molecule has 0 N–H and O–H groups in total. The smallest absolute Gasteiger partial charge is 0.254 e. The number of hydrogen-bond acceptors (Lipinski definition) is 3. The zero-order chi connectivity index (χ0) is 13.1. The molecule has 2 aromatic rings. The topological polar surface area (TPSA) is 33.2 Å². The summed E-state index contributed by atoms with van der Waals surface area (Å²) < 4.78 is 0.968. The number of amides is 1. The van der Waals surface area contributed by atoms with Gasteiger partial charge in [-0.3, -0.25) is 9.78 Å². The monoisotopic (exact) mass is 324 g/mol. The Morgan fingerprint density at radius 3 is 2.67 bits per heavy atom. The van der Waals surface area contributed by atoms with Gasteiger partial charge in [-0.15, -0.1) is 11.3 Å². The van der Waals surface area contributed by atoms with E-state index in [9.17, 15) is 4.79 Å². The van der Waals surface area contributed by atoms with Gasteiger partial charge in [0, 0.05) is 24.8 Å². The van der Waals surface area contributed by atoms with Gasteiger partial charge in [0.2, 0.25) is 0 Å². The lowest BCUT2D eigenvalue weighted by molar-refractivity contribution is 0.0743. The summed E-state index contributed by atoms with van der Waals surface area (Å²) in [5.41, 5.74) is 1.80. The molecular formula is C13H13BrN2OS. The van der Waals surface area contributed by atoms with E-state index in [0.717, 1.165) is 14.9 Å². The summed E-state index contributed by atoms with van der Waals surface area (Å²) in [6.45, 7) is 2.01. The summed E-state index contributed by atoms with van der Waals surface area (Å²) >= 11 is 4.89. The second-order valence-electron chi connectivity index (χ2n) is 4.01. The van der Waals surface area contributed by atoms with Gasteiger partial charge in [0.1, 0.15) is 0 Å². The van der Waals surface area contributed by atoms with E-state index < -0.39 is 0 Å². The molecule has 1 atom stereocenters. The highest BCUT2D eigenvalue weighted by Crippen LogP contribution is 2.24. The van der Waals surface area contributed by atoms with Crippen molar-refractivity contribution in [3.63, 3.8) is 0 Å². The van der Waals surface area contributed by atoms with Crippen molar-refractivity contribution in [2.45, 2.75) is 13.0 Å². The largest absolute Gasteiger partial charge is 0.335 e. The number of hydrogen-bond donors (Lipinski definition) is 0. The summed E-state index contributed by atoms with van der Waals surface area (Å²) in [4.78, 5) is 18.0. The normalized spacial score (nSPS) is 12.2. The minimum atomic E-state index is 0.0270. The van der Waals surface area contributed by atoms with Gasteiger partial charge in [-0.05, 0) is 46.6 Å². The molecule has 0 fully saturated rings. The fourth-order valence-corrected chi connectivity index (χ4v) is 2.80. The predicted octanol–water partition coefficient (Wildman–Crippen LogP) is 3.74. The second kappa shape index (κ2) is 5.63. The summed E-state index contributed by atoms with van der Waals surface area (Å²) in [6.07, 6.45) is 3.48. The molecule has 0 bridgehead atoms. The van der Waals surface area contributed by atoms with Crippen molar-refractivity contribution in [3.05, 3.63) is 50.9 Å². The van der Waals surface area contributed by atoms with E-state index in [1.807, 2.05) is 37.6 Å². The summed E-state index contributed by atoms with van der Waals surface area (Å²) in [5, 5.41) is 1.86. The highest BCUT2D eigenvalue weighted by Gasteiger charge is 2.19. The zero-order valence-corrected chi connectivity index (χ0v) is 12.5. The quantitative estimate of drug-likeness (QED) is 0.861. The molecule has 0 aliphatic carbocycles. The van der Waals surface area contributed by atoms with Gasteiger partial charge in [-0.25, -0.2) is 0 Å². The Labute approximate surface area is 119 Å². The van der Waals surface area contributed by atoms with Crippen LogP contribution in [-0.2, 0) is 0 Å². The molecule has 2 rings (SSSR count). The van der Waals surface area contributed by atoms with Gasteiger partial charge >= 0.3 is 0 Å². The van der Waals surface area contributed by atoms with Gasteiger partial charge in [0.25, 0.3) is 5.91 Å². The van der Waals surface area contributed by atoms with Crippen LogP contribution in [-0.4, -0.2) is 22.8 Å². The third-order valence-electron chi connectivity index (χ3n) is 2.90. The van der Waals surface area contributed by atoms with Gasteiger partial charge in [0.15, 0.2) is 0 Å². The Kier molecular flexibility index (Phi) is 4.14. The molecule has 0 radical (unpaired) electrons. The zero-order valence-electron chi connectivity index (χ0n) is 10.1. The minimum absolute atomic E-state index is 0.0270. The van der Waals surface area contributed by atoms with Crippen molar-refractivity contribution >= 4 is 33.2 Å². The first-order valence-corrected chi connectivity index (χ1v) is 7.18. The van der Waals surface area contributed by atoms with Crippen molar-refractivity contribution in [3.8, 4) is 0 Å². The molecule has 5 heteroatoms. The van der Waals surface area contributed by atoms with E-state index in [1.54, 1.807) is 17.3 Å². The van der Waals surface area contributed by atoms with Crippen molar-refractivity contribution in [2.24, 2.45) is 0 Å². The molecule has 94 valence electrons. The fourth-order valence-electron chi connectivity index (χ4n) is 1.67. The number of pyridine rings is 1. The molecular weight excluding hydrogens is 312 g/mol. The molecule has 0 spiro atoms. The molecule has 0 saturated heterocycles. The van der Waals surface area contributed by atoms with E-state index in [0.29, 0.717) is 0 Å². The third kappa shape index (κ3) is 2.79. The average Bonchev–Trinajstić information content (AvgIpc) is 2.84. The molecule has 0 saturated carbocycles. The van der Waals surface area contributed by atoms with Crippen LogP contribution in [0, 0.1) is 0 Å². The predicted molar refractivity (Wildman–Crippen MR) is 76.8 cm³/mol. The molecule has 0 aliphatic rings. The maximum Gasteiger partial charge on any atom is 0.254 e. The Bertz CT molecular complexity index is 541. The number of thiophene rings is 1. The molecule has 3 nitrogen and oxygen atoms in total. The lowest BCUT2D eigenvalue weighted by Crippen LogP contribution is -2.29. The summed E-state index contributed by atoms with van der Waals surface area (Å²) in [6, 6.07) is 5.73. The van der Waals surface area contributed by atoms with Crippen LogP contribution in [0.25, 0.3) is 0 Å². The van der Waals surface area contributed by atoms with E-state index in [4.69, 9.17) is 0 Å². The van der Waals surface area contributed by atoms with Crippen molar-refractivity contribution in [1.29, 1.82) is 0 Å². The SMILES string of the molecule is CC(c1ccncc1)N(C)C(=O)c1csc(Br)c1. The molecule has 18 heavy (non-hydrogen) atoms. The minimum Gasteiger partial charge on any atom is -0.335 e. The van der Waals surface area contributed by atoms with Crippen LogP contribution in [0.1, 0.15) is 28.9 Å². The average molecular weight is 325 g/mol. The number of rotatable bonds is 3. The van der Waals surface area contributed by atoms with Gasteiger partial charge in [-0.1, -0.05) is 0 Å². The Balaban J connectivity index is 2.16. The molecule has 2 aromatic heterocycles. The van der Waals surface area contributed by atoms with Crippen LogP contribution in [0.15, 0.2) is 39.8 Å². The van der Waals surface area contributed by atoms with Crippen LogP contribution >= 0.6 is 27.3 Å². The Hall–Kier alpha value is -1.20. The molecule has 2 heterocycles. The standard InChI is InChI=1S/C13H13BrN2OS/c1-9(10-3-5-15-6-4-10)16(2)13(17)11-7-12(14)18-8-11/h3-9H,1-2H3. The second-order valence-corrected chi connectivity index (χ2v) is 6.30. The van der Waals surface area contributed by atoms with Gasteiger partial charge < -0.3 is 4.90 Å². The van der Waals surface area contributed by atoms with E-state index in [-0.39, 0.29) is 11.9 Å². The van der Waals surface area contributed by atoms with Gasteiger partial charge in [0.05, 0.1) is 15.4 Å². The first-order valence-electron chi connectivity index (χ1n) is 5.50. The van der Waals surface area contributed by atoms with Crippen LogP contribution in [0.4, 0.5) is 0 Å². The molecule has 1 unspecified atom stereocenters. The van der Waals surface area contributed by atoms with Crippen molar-refractivity contribution in [2.75, 3.05) is 7.05 Å². The highest BCUT2D eigenvalue weighted by molar-refractivity contribution is 9.11. The van der Waals surface area contributed by atoms with E-state index in [2.05, 4.69) is 20.9 Å². The lowest BCUT2D eigenvalue weighted by atomic mass is 10.1. The van der Waals surface area contributed by atoms with Crippen LogP contribution in [0.5, 0.6) is 0 Å². The highest BCUT2D eigenvalue weighted by atomic mass is 79.9. The maximum atomic E-state index is 12.3. The van der Waals surface area contributed by atoms with Gasteiger partial charge in [-0.2, -0.15) is 0 Å². The third-order valence-corrected chi connectivity index (χ3v) is 4.41. The maximum absolute atomic E-state index is 12.3. The Morgan fingerprint density at radius 1 is 1.44 bits per heavy atom. The summed E-state index contributed by atoms with van der Waals surface area (Å²) in [7, 11) is 1.82. The number of nitrogens with zero attached hydrogens (tertiary/aromatic N) is 2. The number of halogens is 1. The first-order chi connectivity index (χ1) is 8.59. The first kappa shape index (κ1) is 13.2. The van der Waals surface area contributed by atoms with Crippen LogP contribution in [0.3, 0.4) is 0 Å². The van der Waals surface area contributed by atoms with Crippen LogP contribution < -0.4 is 0 Å².